The minimum atomic E-state index is -0.766. The number of nitrogens with zero attached hydrogens (tertiary/aromatic N) is 1. The monoisotopic (exact) mass is 483 g/mol. The fourth-order valence-corrected chi connectivity index (χ4v) is 4.32. The Balaban J connectivity index is 1.45. The molecule has 186 valence electrons. The third-order valence-electron chi connectivity index (χ3n) is 6.29. The van der Waals surface area contributed by atoms with Crippen molar-refractivity contribution in [2.75, 3.05) is 26.4 Å². The van der Waals surface area contributed by atoms with E-state index in [4.69, 9.17) is 9.47 Å². The van der Waals surface area contributed by atoms with E-state index in [9.17, 15) is 18.8 Å². The Labute approximate surface area is 203 Å². The van der Waals surface area contributed by atoms with Crippen molar-refractivity contribution in [1.82, 2.24) is 15.5 Å². The maximum absolute atomic E-state index is 14.1. The molecule has 0 spiro atoms. The van der Waals surface area contributed by atoms with Gasteiger partial charge in [-0.2, -0.15) is 0 Å². The van der Waals surface area contributed by atoms with Crippen LogP contribution in [-0.2, 0) is 4.79 Å². The van der Waals surface area contributed by atoms with Crippen LogP contribution in [0, 0.1) is 17.7 Å². The average molecular weight is 484 g/mol. The topological polar surface area (TPSA) is 97.0 Å². The molecular weight excluding hydrogens is 453 g/mol. The van der Waals surface area contributed by atoms with E-state index in [1.807, 2.05) is 13.8 Å². The predicted molar refractivity (Wildman–Crippen MR) is 127 cm³/mol. The van der Waals surface area contributed by atoms with Gasteiger partial charge in [0.05, 0.1) is 5.56 Å². The van der Waals surface area contributed by atoms with E-state index < -0.39 is 17.8 Å². The molecule has 2 aromatic rings. The van der Waals surface area contributed by atoms with E-state index in [2.05, 4.69) is 10.6 Å². The largest absolute Gasteiger partial charge is 0.454 e. The van der Waals surface area contributed by atoms with Crippen molar-refractivity contribution < 1.29 is 28.2 Å². The van der Waals surface area contributed by atoms with Crippen LogP contribution in [0.15, 0.2) is 42.5 Å². The van der Waals surface area contributed by atoms with Crippen molar-refractivity contribution in [2.24, 2.45) is 11.8 Å². The molecule has 1 atom stereocenters. The molecule has 9 heteroatoms. The van der Waals surface area contributed by atoms with Gasteiger partial charge in [0.2, 0.25) is 12.7 Å². The molecule has 0 radical (unpaired) electrons. The number of benzene rings is 2. The fraction of sp³-hybridized carbons (Fsp3) is 0.423. The number of likely N-dealkylation sites (tertiary alicyclic amines) is 1. The molecule has 1 fully saturated rings. The third-order valence-corrected chi connectivity index (χ3v) is 6.29. The van der Waals surface area contributed by atoms with Crippen LogP contribution < -0.4 is 20.1 Å². The van der Waals surface area contributed by atoms with Gasteiger partial charge in [-0.25, -0.2) is 4.39 Å². The number of piperidine rings is 1. The zero-order valence-electron chi connectivity index (χ0n) is 19.9. The summed E-state index contributed by atoms with van der Waals surface area (Å²) in [6.45, 7) is 5.31. The van der Waals surface area contributed by atoms with E-state index in [-0.39, 0.29) is 36.0 Å². The standard InChI is InChI=1S/C26H30FN3O5/c1-16(2)14-28-25(32)23(29-24(31)18-7-8-21-22(13-18)35-15-34-21)17-9-11-30(12-10-17)26(33)19-5-3-4-6-20(19)27/h3-8,13,16-17,23H,9-12,14-15H2,1-2H3,(H,28,32)(H,29,31). The van der Waals surface area contributed by atoms with E-state index in [0.717, 1.165) is 0 Å². The first-order chi connectivity index (χ1) is 16.8. The summed E-state index contributed by atoms with van der Waals surface area (Å²) in [5.41, 5.74) is 0.399. The van der Waals surface area contributed by atoms with Crippen LogP contribution in [-0.4, -0.2) is 55.1 Å². The van der Waals surface area contributed by atoms with E-state index in [1.165, 1.54) is 12.1 Å². The van der Waals surface area contributed by atoms with Gasteiger partial charge in [0.15, 0.2) is 11.5 Å². The van der Waals surface area contributed by atoms with Gasteiger partial charge >= 0.3 is 0 Å². The molecule has 0 saturated carbocycles. The maximum atomic E-state index is 14.1. The summed E-state index contributed by atoms with van der Waals surface area (Å²) in [5, 5.41) is 5.81. The molecule has 0 bridgehead atoms. The summed E-state index contributed by atoms with van der Waals surface area (Å²) in [5.74, 6) is -0.440. The van der Waals surface area contributed by atoms with Gasteiger partial charge in [-0.3, -0.25) is 14.4 Å². The minimum Gasteiger partial charge on any atom is -0.454 e. The number of amides is 3. The molecule has 2 aromatic carbocycles. The Morgan fingerprint density at radius 1 is 1.06 bits per heavy atom. The summed E-state index contributed by atoms with van der Waals surface area (Å²) in [6, 6.07) is 10.0. The zero-order valence-corrected chi connectivity index (χ0v) is 19.9. The molecule has 4 rings (SSSR count). The average Bonchev–Trinajstić information content (AvgIpc) is 3.34. The number of hydrogen-bond acceptors (Lipinski definition) is 5. The normalized spacial score (nSPS) is 16.2. The first kappa shape index (κ1) is 24.5. The van der Waals surface area contributed by atoms with Crippen molar-refractivity contribution in [2.45, 2.75) is 32.7 Å². The molecule has 0 aliphatic carbocycles. The lowest BCUT2D eigenvalue weighted by Gasteiger charge is -2.36. The second kappa shape index (κ2) is 10.8. The predicted octanol–water partition coefficient (Wildman–Crippen LogP) is 2.98. The molecule has 2 heterocycles. The van der Waals surface area contributed by atoms with Crippen LogP contribution in [0.3, 0.4) is 0 Å². The highest BCUT2D eigenvalue weighted by Gasteiger charge is 2.34. The summed E-state index contributed by atoms with van der Waals surface area (Å²) >= 11 is 0. The molecule has 2 aliphatic heterocycles. The quantitative estimate of drug-likeness (QED) is 0.631. The van der Waals surface area contributed by atoms with E-state index in [0.29, 0.717) is 49.5 Å². The van der Waals surface area contributed by atoms with Crippen LogP contribution in [0.1, 0.15) is 47.4 Å². The van der Waals surface area contributed by atoms with Crippen LogP contribution in [0.5, 0.6) is 11.5 Å². The van der Waals surface area contributed by atoms with Gasteiger partial charge in [0.25, 0.3) is 11.8 Å². The first-order valence-corrected chi connectivity index (χ1v) is 11.9. The summed E-state index contributed by atoms with van der Waals surface area (Å²) < 4.78 is 24.7. The summed E-state index contributed by atoms with van der Waals surface area (Å²) in [6.07, 6.45) is 1.00. The van der Waals surface area contributed by atoms with Gasteiger partial charge < -0.3 is 25.0 Å². The first-order valence-electron chi connectivity index (χ1n) is 11.9. The SMILES string of the molecule is CC(C)CNC(=O)C(NC(=O)c1ccc2c(c1)OCO2)C1CCN(C(=O)c2ccccc2F)CC1. The number of halogens is 1. The number of ether oxygens (including phenoxy) is 2. The highest BCUT2D eigenvalue weighted by Crippen LogP contribution is 2.32. The van der Waals surface area contributed by atoms with Crippen molar-refractivity contribution in [3.63, 3.8) is 0 Å². The molecule has 1 saturated heterocycles. The maximum Gasteiger partial charge on any atom is 0.256 e. The number of nitrogens with one attached hydrogen (secondary N) is 2. The van der Waals surface area contributed by atoms with Crippen molar-refractivity contribution in [3.8, 4) is 11.5 Å². The minimum absolute atomic E-state index is 0.0355. The van der Waals surface area contributed by atoms with Crippen molar-refractivity contribution in [1.29, 1.82) is 0 Å². The molecule has 2 aliphatic rings. The Bertz CT molecular complexity index is 1100. The number of carbonyl (C=O) groups excluding carboxylic acids is 3. The van der Waals surface area contributed by atoms with Crippen LogP contribution in [0.25, 0.3) is 0 Å². The van der Waals surface area contributed by atoms with Crippen molar-refractivity contribution >= 4 is 17.7 Å². The van der Waals surface area contributed by atoms with Crippen LogP contribution in [0.4, 0.5) is 4.39 Å². The van der Waals surface area contributed by atoms with Crippen molar-refractivity contribution in [3.05, 3.63) is 59.4 Å². The lowest BCUT2D eigenvalue weighted by molar-refractivity contribution is -0.124. The van der Waals surface area contributed by atoms with E-state index in [1.54, 1.807) is 35.2 Å². The van der Waals surface area contributed by atoms with Gasteiger partial charge in [-0.05, 0) is 55.0 Å². The summed E-state index contributed by atoms with van der Waals surface area (Å²) in [7, 11) is 0. The Morgan fingerprint density at radius 3 is 2.49 bits per heavy atom. The molecular formula is C26H30FN3O5. The Morgan fingerprint density at radius 2 is 1.77 bits per heavy atom. The molecule has 0 aromatic heterocycles. The smallest absolute Gasteiger partial charge is 0.256 e. The number of carbonyl (C=O) groups is 3. The summed E-state index contributed by atoms with van der Waals surface area (Å²) in [4.78, 5) is 40.5. The van der Waals surface area contributed by atoms with Gasteiger partial charge in [0, 0.05) is 25.2 Å². The molecule has 35 heavy (non-hydrogen) atoms. The third kappa shape index (κ3) is 5.72. The van der Waals surface area contributed by atoms with Gasteiger partial charge in [0.1, 0.15) is 11.9 Å². The number of fused-ring (bicyclic) bond motifs is 1. The second-order valence-electron chi connectivity index (χ2n) is 9.27. The van der Waals surface area contributed by atoms with E-state index >= 15 is 0 Å². The van der Waals surface area contributed by atoms with Gasteiger partial charge in [-0.15, -0.1) is 0 Å². The molecule has 1 unspecified atom stereocenters. The molecule has 3 amide bonds. The molecule has 2 N–H and O–H groups in total. The Kier molecular flexibility index (Phi) is 7.53. The van der Waals surface area contributed by atoms with Gasteiger partial charge in [-0.1, -0.05) is 26.0 Å². The zero-order chi connectivity index (χ0) is 24.9. The Hall–Kier alpha value is -3.62. The van der Waals surface area contributed by atoms with Crippen LogP contribution >= 0.6 is 0 Å². The lowest BCUT2D eigenvalue weighted by atomic mass is 9.88. The highest BCUT2D eigenvalue weighted by molar-refractivity contribution is 5.98. The number of rotatable bonds is 7. The highest BCUT2D eigenvalue weighted by atomic mass is 19.1. The lowest BCUT2D eigenvalue weighted by Crippen LogP contribution is -2.54. The van der Waals surface area contributed by atoms with Crippen LogP contribution in [0.2, 0.25) is 0 Å². The number of hydrogen-bond donors (Lipinski definition) is 2. The fourth-order valence-electron chi connectivity index (χ4n) is 4.32. The molecule has 8 nitrogen and oxygen atoms in total. The second-order valence-corrected chi connectivity index (χ2v) is 9.27.